The van der Waals surface area contributed by atoms with Crippen LogP contribution in [0, 0.1) is 12.8 Å². The Labute approximate surface area is 125 Å². The molecule has 20 heavy (non-hydrogen) atoms. The molecule has 1 heterocycles. The molecule has 1 saturated carbocycles. The zero-order valence-corrected chi connectivity index (χ0v) is 13.3. The maximum absolute atomic E-state index is 11.4. The number of rotatable bonds is 3. The van der Waals surface area contributed by atoms with Gasteiger partial charge in [-0.3, -0.25) is 0 Å². The average Bonchev–Trinajstić information content (AvgIpc) is 2.92. The van der Waals surface area contributed by atoms with Crippen molar-refractivity contribution in [1.82, 2.24) is 4.90 Å². The van der Waals surface area contributed by atoms with Crippen molar-refractivity contribution >= 4 is 21.4 Å². The van der Waals surface area contributed by atoms with Crippen molar-refractivity contribution in [3.8, 4) is 0 Å². The van der Waals surface area contributed by atoms with Crippen LogP contribution < -0.4 is 0 Å². The monoisotopic (exact) mass is 289 g/mol. The van der Waals surface area contributed by atoms with Gasteiger partial charge in [0.25, 0.3) is 0 Å². The Morgan fingerprint density at radius 3 is 2.95 bits per heavy atom. The summed E-state index contributed by atoms with van der Waals surface area (Å²) in [4.78, 5) is 3.51. The van der Waals surface area contributed by atoms with Crippen LogP contribution in [0.3, 0.4) is 0 Å². The van der Waals surface area contributed by atoms with Crippen molar-refractivity contribution in [2.75, 3.05) is 20.6 Å². The number of hydrogen-bond donors (Lipinski definition) is 1. The van der Waals surface area contributed by atoms with E-state index in [0.717, 1.165) is 31.4 Å². The second kappa shape index (κ2) is 5.14. The first-order chi connectivity index (χ1) is 9.50. The lowest BCUT2D eigenvalue weighted by molar-refractivity contribution is -0.00968. The van der Waals surface area contributed by atoms with Gasteiger partial charge in [0.2, 0.25) is 0 Å². The SMILES string of the molecule is Cc1cc2c(C3(O)CCCC3CN(C)C)cccc2s1. The van der Waals surface area contributed by atoms with Crippen molar-refractivity contribution in [1.29, 1.82) is 0 Å². The van der Waals surface area contributed by atoms with Crippen LogP contribution in [0.5, 0.6) is 0 Å². The second-order valence-electron chi connectivity index (χ2n) is 6.35. The van der Waals surface area contributed by atoms with Crippen LogP contribution in [0.2, 0.25) is 0 Å². The molecule has 2 atom stereocenters. The van der Waals surface area contributed by atoms with E-state index in [1.165, 1.54) is 15.0 Å². The smallest absolute Gasteiger partial charge is 0.0943 e. The van der Waals surface area contributed by atoms with E-state index in [9.17, 15) is 5.11 Å². The lowest BCUT2D eigenvalue weighted by atomic mass is 9.82. The predicted molar refractivity (Wildman–Crippen MR) is 86.4 cm³/mol. The maximum atomic E-state index is 11.4. The first-order valence-corrected chi connectivity index (χ1v) is 8.19. The summed E-state index contributed by atoms with van der Waals surface area (Å²) in [6.07, 6.45) is 3.13. The number of aliphatic hydroxyl groups is 1. The highest BCUT2D eigenvalue weighted by atomic mass is 32.1. The molecule has 0 spiro atoms. The van der Waals surface area contributed by atoms with Gasteiger partial charge in [-0.05, 0) is 63.4 Å². The van der Waals surface area contributed by atoms with Gasteiger partial charge in [0.1, 0.15) is 0 Å². The van der Waals surface area contributed by atoms with Crippen molar-refractivity contribution < 1.29 is 5.11 Å². The average molecular weight is 289 g/mol. The standard InChI is InChI=1S/C17H23NOS/c1-12-10-14-15(7-4-8-16(14)20-12)17(19)9-5-6-13(17)11-18(2)3/h4,7-8,10,13,19H,5-6,9,11H2,1-3H3. The Balaban J connectivity index is 2.08. The Kier molecular flexibility index (Phi) is 3.61. The summed E-state index contributed by atoms with van der Waals surface area (Å²) in [5.41, 5.74) is 0.487. The van der Waals surface area contributed by atoms with Gasteiger partial charge in [-0.15, -0.1) is 11.3 Å². The van der Waals surface area contributed by atoms with E-state index in [4.69, 9.17) is 0 Å². The minimum absolute atomic E-state index is 0.336. The molecule has 0 bridgehead atoms. The number of fused-ring (bicyclic) bond motifs is 1. The minimum Gasteiger partial charge on any atom is -0.385 e. The van der Waals surface area contributed by atoms with Crippen molar-refractivity contribution in [3.05, 3.63) is 34.7 Å². The molecular weight excluding hydrogens is 266 g/mol. The first kappa shape index (κ1) is 14.1. The quantitative estimate of drug-likeness (QED) is 0.930. The molecule has 2 unspecified atom stereocenters. The fourth-order valence-electron chi connectivity index (χ4n) is 3.66. The summed E-state index contributed by atoms with van der Waals surface area (Å²) in [5, 5.41) is 12.6. The van der Waals surface area contributed by atoms with E-state index in [0.29, 0.717) is 5.92 Å². The Hall–Kier alpha value is -0.900. The zero-order valence-electron chi connectivity index (χ0n) is 12.5. The number of aryl methyl sites for hydroxylation is 1. The zero-order chi connectivity index (χ0) is 14.3. The predicted octanol–water partition coefficient (Wildman–Crippen LogP) is 3.76. The fraction of sp³-hybridized carbons (Fsp3) is 0.529. The Bertz CT molecular complexity index is 618. The van der Waals surface area contributed by atoms with Crippen LogP contribution >= 0.6 is 11.3 Å². The second-order valence-corrected chi connectivity index (χ2v) is 7.64. The Morgan fingerprint density at radius 1 is 1.40 bits per heavy atom. The molecule has 0 amide bonds. The molecule has 1 fully saturated rings. The van der Waals surface area contributed by atoms with Gasteiger partial charge in [-0.25, -0.2) is 0 Å². The summed E-state index contributed by atoms with van der Waals surface area (Å²) in [6.45, 7) is 3.10. The number of hydrogen-bond acceptors (Lipinski definition) is 3. The lowest BCUT2D eigenvalue weighted by Crippen LogP contribution is -2.36. The summed E-state index contributed by atoms with van der Waals surface area (Å²) in [6, 6.07) is 8.62. The van der Waals surface area contributed by atoms with E-state index in [2.05, 4.69) is 50.2 Å². The summed E-state index contributed by atoms with van der Waals surface area (Å²) in [7, 11) is 4.18. The van der Waals surface area contributed by atoms with Gasteiger partial charge in [-0.2, -0.15) is 0 Å². The largest absolute Gasteiger partial charge is 0.385 e. The number of benzene rings is 1. The molecule has 0 radical (unpaired) electrons. The van der Waals surface area contributed by atoms with Crippen LogP contribution in [-0.2, 0) is 5.60 Å². The number of thiophene rings is 1. The third-order valence-electron chi connectivity index (χ3n) is 4.52. The van der Waals surface area contributed by atoms with Crippen molar-refractivity contribution in [3.63, 3.8) is 0 Å². The highest BCUT2D eigenvalue weighted by Crippen LogP contribution is 2.46. The van der Waals surface area contributed by atoms with E-state index < -0.39 is 5.60 Å². The molecule has 3 heteroatoms. The highest BCUT2D eigenvalue weighted by Gasteiger charge is 2.43. The summed E-state index contributed by atoms with van der Waals surface area (Å²) in [5.74, 6) is 0.336. The van der Waals surface area contributed by atoms with Crippen LogP contribution in [0.15, 0.2) is 24.3 Å². The maximum Gasteiger partial charge on any atom is 0.0943 e. The van der Waals surface area contributed by atoms with Gasteiger partial charge in [0.05, 0.1) is 5.60 Å². The van der Waals surface area contributed by atoms with Gasteiger partial charge >= 0.3 is 0 Å². The molecule has 1 aliphatic carbocycles. The van der Waals surface area contributed by atoms with Crippen LogP contribution in [0.25, 0.3) is 10.1 Å². The topological polar surface area (TPSA) is 23.5 Å². The molecule has 1 aromatic carbocycles. The van der Waals surface area contributed by atoms with E-state index >= 15 is 0 Å². The van der Waals surface area contributed by atoms with Gasteiger partial charge in [0.15, 0.2) is 0 Å². The first-order valence-electron chi connectivity index (χ1n) is 7.37. The third kappa shape index (κ3) is 2.28. The molecule has 0 saturated heterocycles. The van der Waals surface area contributed by atoms with Crippen LogP contribution in [0.4, 0.5) is 0 Å². The van der Waals surface area contributed by atoms with E-state index in [-0.39, 0.29) is 0 Å². The lowest BCUT2D eigenvalue weighted by Gasteiger charge is -2.33. The third-order valence-corrected chi connectivity index (χ3v) is 5.54. The highest BCUT2D eigenvalue weighted by molar-refractivity contribution is 7.19. The molecule has 1 N–H and O–H groups in total. The van der Waals surface area contributed by atoms with Crippen LogP contribution in [-0.4, -0.2) is 30.6 Å². The van der Waals surface area contributed by atoms with E-state index in [1.807, 2.05) is 11.3 Å². The molecule has 1 aliphatic rings. The summed E-state index contributed by atoms with van der Waals surface area (Å²) < 4.78 is 1.30. The molecule has 3 rings (SSSR count). The molecular formula is C17H23NOS. The van der Waals surface area contributed by atoms with Crippen LogP contribution in [0.1, 0.15) is 29.7 Å². The van der Waals surface area contributed by atoms with Gasteiger partial charge in [-0.1, -0.05) is 12.1 Å². The molecule has 2 nitrogen and oxygen atoms in total. The van der Waals surface area contributed by atoms with E-state index in [1.54, 1.807) is 0 Å². The van der Waals surface area contributed by atoms with Gasteiger partial charge in [0, 0.05) is 22.0 Å². The van der Waals surface area contributed by atoms with Crippen molar-refractivity contribution in [2.45, 2.75) is 31.8 Å². The summed E-state index contributed by atoms with van der Waals surface area (Å²) >= 11 is 1.82. The van der Waals surface area contributed by atoms with Crippen molar-refractivity contribution in [2.24, 2.45) is 5.92 Å². The molecule has 108 valence electrons. The molecule has 1 aromatic heterocycles. The normalized spacial score (nSPS) is 26.8. The molecule has 0 aliphatic heterocycles. The Morgan fingerprint density at radius 2 is 2.20 bits per heavy atom. The fourth-order valence-corrected chi connectivity index (χ4v) is 4.61. The number of nitrogens with zero attached hydrogens (tertiary/aromatic N) is 1. The minimum atomic E-state index is -0.655. The van der Waals surface area contributed by atoms with Gasteiger partial charge < -0.3 is 10.0 Å². The molecule has 2 aromatic rings.